The van der Waals surface area contributed by atoms with Crippen LogP contribution in [-0.4, -0.2) is 42.7 Å². The highest BCUT2D eigenvalue weighted by molar-refractivity contribution is 5.81. The normalized spacial score (nSPS) is 19.5. The molecule has 0 bridgehead atoms. The van der Waals surface area contributed by atoms with E-state index in [2.05, 4.69) is 4.90 Å². The number of carbonyl (C=O) groups excluding carboxylic acids is 1. The zero-order valence-electron chi connectivity index (χ0n) is 14.5. The van der Waals surface area contributed by atoms with E-state index in [1.54, 1.807) is 0 Å². The number of nitrogens with zero attached hydrogens (tertiary/aromatic N) is 1. The van der Waals surface area contributed by atoms with Crippen LogP contribution < -0.4 is 0 Å². The molecule has 2 atom stereocenters. The molecule has 0 radical (unpaired) electrons. The molecule has 128 valence electrons. The average molecular weight is 319 g/mol. The molecule has 0 aromatic heterocycles. The van der Waals surface area contributed by atoms with E-state index in [1.807, 2.05) is 51.4 Å². The van der Waals surface area contributed by atoms with Gasteiger partial charge in [0.25, 0.3) is 0 Å². The first-order valence-electron chi connectivity index (χ1n) is 8.58. The molecular formula is C19H29NO3. The van der Waals surface area contributed by atoms with Gasteiger partial charge in [-0.1, -0.05) is 43.2 Å². The van der Waals surface area contributed by atoms with E-state index < -0.39 is 11.6 Å². The fourth-order valence-corrected chi connectivity index (χ4v) is 3.33. The van der Waals surface area contributed by atoms with Crippen molar-refractivity contribution in [3.8, 4) is 0 Å². The molecule has 4 nitrogen and oxygen atoms in total. The Morgan fingerprint density at radius 1 is 1.30 bits per heavy atom. The number of hydrogen-bond donors (Lipinski definition) is 1. The smallest absolute Gasteiger partial charge is 0.343 e. The van der Waals surface area contributed by atoms with Crippen molar-refractivity contribution in [3.05, 3.63) is 35.9 Å². The lowest BCUT2D eigenvalue weighted by Gasteiger charge is -2.33. The average Bonchev–Trinajstić information content (AvgIpc) is 3.07. The van der Waals surface area contributed by atoms with E-state index in [-0.39, 0.29) is 12.0 Å². The Bertz CT molecular complexity index is 497. The van der Waals surface area contributed by atoms with E-state index in [9.17, 15) is 9.90 Å². The maximum absolute atomic E-state index is 12.8. The molecule has 0 heterocycles. The SMILES string of the molecule is CC(CCN(C)C)OC(=O)C(O)(c1ccccc1)C1CCCC1. The Morgan fingerprint density at radius 3 is 2.48 bits per heavy atom. The Morgan fingerprint density at radius 2 is 1.91 bits per heavy atom. The van der Waals surface area contributed by atoms with Gasteiger partial charge in [-0.25, -0.2) is 4.79 Å². The quantitative estimate of drug-likeness (QED) is 0.785. The minimum atomic E-state index is -1.52. The molecule has 0 amide bonds. The minimum absolute atomic E-state index is 0.0570. The molecule has 2 rings (SSSR count). The summed E-state index contributed by atoms with van der Waals surface area (Å²) in [7, 11) is 3.99. The van der Waals surface area contributed by atoms with Crippen molar-refractivity contribution in [1.29, 1.82) is 0 Å². The van der Waals surface area contributed by atoms with Crippen LogP contribution in [0.3, 0.4) is 0 Å². The summed E-state index contributed by atoms with van der Waals surface area (Å²) in [5, 5.41) is 11.3. The van der Waals surface area contributed by atoms with Gasteiger partial charge in [0.15, 0.2) is 5.60 Å². The van der Waals surface area contributed by atoms with Gasteiger partial charge in [-0.15, -0.1) is 0 Å². The van der Waals surface area contributed by atoms with Crippen LogP contribution in [0.1, 0.15) is 44.6 Å². The van der Waals surface area contributed by atoms with Gasteiger partial charge in [0, 0.05) is 12.5 Å². The molecule has 0 saturated heterocycles. The zero-order chi connectivity index (χ0) is 16.9. The number of rotatable bonds is 7. The lowest BCUT2D eigenvalue weighted by molar-refractivity contribution is -0.179. The summed E-state index contributed by atoms with van der Waals surface area (Å²) in [4.78, 5) is 14.9. The molecule has 1 aromatic carbocycles. The molecule has 0 aliphatic heterocycles. The van der Waals surface area contributed by atoms with Gasteiger partial charge in [0.05, 0.1) is 0 Å². The van der Waals surface area contributed by atoms with E-state index in [1.165, 1.54) is 0 Å². The lowest BCUT2D eigenvalue weighted by Crippen LogP contribution is -2.44. The number of hydrogen-bond acceptors (Lipinski definition) is 4. The third-order valence-corrected chi connectivity index (χ3v) is 4.76. The molecule has 0 spiro atoms. The summed E-state index contributed by atoms with van der Waals surface area (Å²) in [5.74, 6) is -0.555. The summed E-state index contributed by atoms with van der Waals surface area (Å²) < 4.78 is 5.62. The summed E-state index contributed by atoms with van der Waals surface area (Å²) in [6.07, 6.45) is 4.40. The highest BCUT2D eigenvalue weighted by Crippen LogP contribution is 2.41. The van der Waals surface area contributed by atoms with Crippen LogP contribution in [-0.2, 0) is 15.1 Å². The Labute approximate surface area is 139 Å². The second-order valence-electron chi connectivity index (χ2n) is 6.92. The molecule has 2 unspecified atom stereocenters. The van der Waals surface area contributed by atoms with Crippen molar-refractivity contribution in [1.82, 2.24) is 4.90 Å². The fraction of sp³-hybridized carbons (Fsp3) is 0.632. The van der Waals surface area contributed by atoms with Gasteiger partial charge >= 0.3 is 5.97 Å². The molecule has 1 N–H and O–H groups in total. The van der Waals surface area contributed by atoms with Crippen LogP contribution in [0.2, 0.25) is 0 Å². The second-order valence-corrected chi connectivity index (χ2v) is 6.92. The number of ether oxygens (including phenoxy) is 1. The first-order valence-corrected chi connectivity index (χ1v) is 8.58. The van der Waals surface area contributed by atoms with Gasteiger partial charge in [-0.05, 0) is 45.8 Å². The second kappa shape index (κ2) is 7.93. The van der Waals surface area contributed by atoms with Gasteiger partial charge in [0.1, 0.15) is 6.10 Å². The van der Waals surface area contributed by atoms with E-state index >= 15 is 0 Å². The van der Waals surface area contributed by atoms with Gasteiger partial charge in [-0.3, -0.25) is 0 Å². The van der Waals surface area contributed by atoms with Gasteiger partial charge in [0.2, 0.25) is 0 Å². The molecule has 1 fully saturated rings. The Balaban J connectivity index is 2.15. The summed E-state index contributed by atoms with van der Waals surface area (Å²) in [5.41, 5.74) is -0.874. The molecule has 1 aromatic rings. The highest BCUT2D eigenvalue weighted by Gasteiger charge is 2.48. The molecule has 1 aliphatic carbocycles. The third kappa shape index (κ3) is 4.33. The third-order valence-electron chi connectivity index (χ3n) is 4.76. The number of carbonyl (C=O) groups is 1. The van der Waals surface area contributed by atoms with Gasteiger partial charge < -0.3 is 14.7 Å². The maximum Gasteiger partial charge on any atom is 0.343 e. The van der Waals surface area contributed by atoms with Crippen LogP contribution in [0.25, 0.3) is 0 Å². The van der Waals surface area contributed by atoms with Crippen molar-refractivity contribution in [3.63, 3.8) is 0 Å². The van der Waals surface area contributed by atoms with Crippen LogP contribution >= 0.6 is 0 Å². The lowest BCUT2D eigenvalue weighted by atomic mass is 9.80. The fourth-order valence-electron chi connectivity index (χ4n) is 3.33. The molecular weight excluding hydrogens is 290 g/mol. The number of benzene rings is 1. The monoisotopic (exact) mass is 319 g/mol. The zero-order valence-corrected chi connectivity index (χ0v) is 14.5. The Hall–Kier alpha value is -1.39. The van der Waals surface area contributed by atoms with Crippen molar-refractivity contribution >= 4 is 5.97 Å². The van der Waals surface area contributed by atoms with E-state index in [4.69, 9.17) is 4.74 Å². The highest BCUT2D eigenvalue weighted by atomic mass is 16.6. The molecule has 1 saturated carbocycles. The Kier molecular flexibility index (Phi) is 6.19. The molecule has 4 heteroatoms. The largest absolute Gasteiger partial charge is 0.460 e. The molecule has 23 heavy (non-hydrogen) atoms. The van der Waals surface area contributed by atoms with Crippen molar-refractivity contribution < 1.29 is 14.6 Å². The van der Waals surface area contributed by atoms with Crippen molar-refractivity contribution in [2.75, 3.05) is 20.6 Å². The van der Waals surface area contributed by atoms with Crippen LogP contribution in [0.15, 0.2) is 30.3 Å². The predicted molar refractivity (Wildman–Crippen MR) is 91.0 cm³/mol. The predicted octanol–water partition coefficient (Wildman–Crippen LogP) is 2.95. The maximum atomic E-state index is 12.8. The topological polar surface area (TPSA) is 49.8 Å². The van der Waals surface area contributed by atoms with Crippen LogP contribution in [0, 0.1) is 5.92 Å². The molecule has 1 aliphatic rings. The van der Waals surface area contributed by atoms with Gasteiger partial charge in [-0.2, -0.15) is 0 Å². The standard InChI is InChI=1S/C19H29NO3/c1-15(13-14-20(2)3)23-18(21)19(22,17-11-7-8-12-17)16-9-5-4-6-10-16/h4-6,9-10,15,17,22H,7-8,11-14H2,1-3H3. The van der Waals surface area contributed by atoms with Crippen molar-refractivity contribution in [2.24, 2.45) is 5.92 Å². The number of esters is 1. The first-order chi connectivity index (χ1) is 10.9. The first kappa shape index (κ1) is 18.0. The summed E-state index contributed by atoms with van der Waals surface area (Å²) >= 11 is 0. The van der Waals surface area contributed by atoms with Crippen molar-refractivity contribution in [2.45, 2.75) is 50.7 Å². The van der Waals surface area contributed by atoms with Crippen LogP contribution in [0.5, 0.6) is 0 Å². The minimum Gasteiger partial charge on any atom is -0.460 e. The summed E-state index contributed by atoms with van der Waals surface area (Å²) in [6, 6.07) is 9.26. The van der Waals surface area contributed by atoms with Crippen LogP contribution in [0.4, 0.5) is 0 Å². The number of aliphatic hydroxyl groups is 1. The van der Waals surface area contributed by atoms with E-state index in [0.717, 1.165) is 38.6 Å². The summed E-state index contributed by atoms with van der Waals surface area (Å²) in [6.45, 7) is 2.74. The van der Waals surface area contributed by atoms with E-state index in [0.29, 0.717) is 5.56 Å².